The van der Waals surface area contributed by atoms with Crippen molar-refractivity contribution in [1.82, 2.24) is 5.01 Å². The van der Waals surface area contributed by atoms with Crippen LogP contribution in [0.5, 0.6) is 0 Å². The minimum absolute atomic E-state index is 0.0651. The summed E-state index contributed by atoms with van der Waals surface area (Å²) < 4.78 is 5.28. The van der Waals surface area contributed by atoms with Crippen LogP contribution >= 0.6 is 22.7 Å². The van der Waals surface area contributed by atoms with E-state index in [0.29, 0.717) is 5.76 Å². The van der Waals surface area contributed by atoms with Gasteiger partial charge in [-0.05, 0) is 47.5 Å². The zero-order valence-corrected chi connectivity index (χ0v) is 14.1. The summed E-state index contributed by atoms with van der Waals surface area (Å²) in [6, 6.07) is 9.47. The standard InChI is InChI=1S/C17H14N2O2S2/c1-11-6-9-23-16(11)13-10-12(15-5-3-8-22-15)18-19(13)17(20)14-4-2-7-21-14/h2-9,13H,10H2,1H3/t13-/m1/s1. The molecule has 1 amide bonds. The van der Waals surface area contributed by atoms with Crippen LogP contribution < -0.4 is 0 Å². The topological polar surface area (TPSA) is 45.8 Å². The highest BCUT2D eigenvalue weighted by Gasteiger charge is 2.36. The summed E-state index contributed by atoms with van der Waals surface area (Å²) in [5.41, 5.74) is 2.15. The van der Waals surface area contributed by atoms with Crippen molar-refractivity contribution in [1.29, 1.82) is 0 Å². The van der Waals surface area contributed by atoms with Crippen molar-refractivity contribution in [3.63, 3.8) is 0 Å². The maximum absolute atomic E-state index is 12.8. The Hall–Kier alpha value is -2.18. The number of furan rings is 1. The molecule has 0 saturated heterocycles. The van der Waals surface area contributed by atoms with Gasteiger partial charge in [-0.1, -0.05) is 6.07 Å². The van der Waals surface area contributed by atoms with E-state index in [9.17, 15) is 4.79 Å². The van der Waals surface area contributed by atoms with Gasteiger partial charge in [-0.25, -0.2) is 5.01 Å². The summed E-state index contributed by atoms with van der Waals surface area (Å²) in [7, 11) is 0. The summed E-state index contributed by atoms with van der Waals surface area (Å²) in [6.45, 7) is 2.07. The molecule has 4 rings (SSSR count). The zero-order valence-electron chi connectivity index (χ0n) is 12.4. The van der Waals surface area contributed by atoms with Gasteiger partial charge in [0.1, 0.15) is 0 Å². The lowest BCUT2D eigenvalue weighted by Gasteiger charge is -2.20. The van der Waals surface area contributed by atoms with Gasteiger partial charge in [0.2, 0.25) is 0 Å². The average molecular weight is 342 g/mol. The molecule has 3 aromatic heterocycles. The van der Waals surface area contributed by atoms with E-state index in [2.05, 4.69) is 23.5 Å². The van der Waals surface area contributed by atoms with Crippen LogP contribution in [0.4, 0.5) is 0 Å². The van der Waals surface area contributed by atoms with Crippen molar-refractivity contribution in [3.8, 4) is 0 Å². The van der Waals surface area contributed by atoms with Gasteiger partial charge in [-0.2, -0.15) is 5.10 Å². The molecule has 0 aromatic carbocycles. The third kappa shape index (κ3) is 2.54. The second-order valence-electron chi connectivity index (χ2n) is 5.34. The molecule has 116 valence electrons. The molecular formula is C17H14N2O2S2. The van der Waals surface area contributed by atoms with Gasteiger partial charge in [0.15, 0.2) is 5.76 Å². The molecule has 4 nitrogen and oxygen atoms in total. The summed E-state index contributed by atoms with van der Waals surface area (Å²) in [5, 5.41) is 10.3. The fraction of sp³-hybridized carbons (Fsp3) is 0.176. The largest absolute Gasteiger partial charge is 0.459 e. The summed E-state index contributed by atoms with van der Waals surface area (Å²) in [6.07, 6.45) is 2.24. The minimum Gasteiger partial charge on any atom is -0.459 e. The van der Waals surface area contributed by atoms with E-state index in [1.807, 2.05) is 17.5 Å². The molecule has 1 atom stereocenters. The Morgan fingerprint density at radius 3 is 2.83 bits per heavy atom. The van der Waals surface area contributed by atoms with Crippen LogP contribution in [0.3, 0.4) is 0 Å². The highest BCUT2D eigenvalue weighted by atomic mass is 32.1. The smallest absolute Gasteiger partial charge is 0.310 e. The number of hydrazone groups is 1. The molecule has 0 radical (unpaired) electrons. The number of carbonyl (C=O) groups is 1. The van der Waals surface area contributed by atoms with Crippen molar-refractivity contribution in [2.75, 3.05) is 0 Å². The third-order valence-corrected chi connectivity index (χ3v) is 5.90. The predicted molar refractivity (Wildman–Crippen MR) is 92.1 cm³/mol. The molecule has 0 spiro atoms. The summed E-state index contributed by atoms with van der Waals surface area (Å²) in [4.78, 5) is 15.1. The second-order valence-corrected chi connectivity index (χ2v) is 7.23. The maximum Gasteiger partial charge on any atom is 0.310 e. The normalized spacial score (nSPS) is 17.5. The molecule has 23 heavy (non-hydrogen) atoms. The first-order valence-electron chi connectivity index (χ1n) is 7.26. The number of amides is 1. The van der Waals surface area contributed by atoms with Crippen molar-refractivity contribution in [3.05, 3.63) is 68.4 Å². The fourth-order valence-electron chi connectivity index (χ4n) is 2.73. The number of thiophene rings is 2. The lowest BCUT2D eigenvalue weighted by molar-refractivity contribution is 0.0681. The molecule has 1 aliphatic heterocycles. The monoisotopic (exact) mass is 342 g/mol. The Kier molecular flexibility index (Phi) is 3.63. The Labute approximate surface area is 141 Å². The highest BCUT2D eigenvalue weighted by Crippen LogP contribution is 2.38. The van der Waals surface area contributed by atoms with Crippen LogP contribution in [-0.4, -0.2) is 16.6 Å². The molecular weight excluding hydrogens is 328 g/mol. The molecule has 4 heterocycles. The molecule has 0 unspecified atom stereocenters. The van der Waals surface area contributed by atoms with Crippen molar-refractivity contribution in [2.24, 2.45) is 5.10 Å². The molecule has 6 heteroatoms. The van der Waals surface area contributed by atoms with E-state index in [-0.39, 0.29) is 11.9 Å². The number of hydrogen-bond donors (Lipinski definition) is 0. The SMILES string of the molecule is Cc1ccsc1[C@H]1CC(c2cccs2)=NN1C(=O)c1ccco1. The molecule has 0 fully saturated rings. The fourth-order valence-corrected chi connectivity index (χ4v) is 4.47. The summed E-state index contributed by atoms with van der Waals surface area (Å²) in [5.74, 6) is 0.125. The van der Waals surface area contributed by atoms with Crippen molar-refractivity contribution in [2.45, 2.75) is 19.4 Å². The van der Waals surface area contributed by atoms with Crippen molar-refractivity contribution < 1.29 is 9.21 Å². The van der Waals surface area contributed by atoms with Gasteiger partial charge in [-0.15, -0.1) is 22.7 Å². The lowest BCUT2D eigenvalue weighted by atomic mass is 10.1. The molecule has 0 N–H and O–H groups in total. The van der Waals surface area contributed by atoms with Crippen molar-refractivity contribution >= 4 is 34.3 Å². The van der Waals surface area contributed by atoms with E-state index in [1.54, 1.807) is 39.8 Å². The Morgan fingerprint density at radius 2 is 2.17 bits per heavy atom. The second kappa shape index (κ2) is 5.79. The quantitative estimate of drug-likeness (QED) is 0.692. The van der Waals surface area contributed by atoms with Gasteiger partial charge in [0.05, 0.1) is 22.9 Å². The Morgan fingerprint density at radius 1 is 1.26 bits per heavy atom. The first kappa shape index (κ1) is 14.4. The molecule has 0 bridgehead atoms. The van der Waals surface area contributed by atoms with E-state index in [4.69, 9.17) is 4.42 Å². The van der Waals surface area contributed by atoms with Gasteiger partial charge in [0, 0.05) is 11.3 Å². The average Bonchev–Trinajstić information content (AvgIpc) is 3.32. The van der Waals surface area contributed by atoms with Crippen LogP contribution in [0, 0.1) is 6.92 Å². The number of rotatable bonds is 3. The number of aryl methyl sites for hydroxylation is 1. The van der Waals surface area contributed by atoms with E-state index >= 15 is 0 Å². The molecule has 0 aliphatic carbocycles. The van der Waals surface area contributed by atoms with E-state index in [0.717, 1.165) is 17.0 Å². The predicted octanol–water partition coefficient (Wildman–Crippen LogP) is 4.70. The molecule has 0 saturated carbocycles. The molecule has 3 aromatic rings. The van der Waals surface area contributed by atoms with Crippen LogP contribution in [-0.2, 0) is 0 Å². The van der Waals surface area contributed by atoms with Gasteiger partial charge >= 0.3 is 5.91 Å². The molecule has 1 aliphatic rings. The number of nitrogens with zero attached hydrogens (tertiary/aromatic N) is 2. The minimum atomic E-state index is -0.195. The highest BCUT2D eigenvalue weighted by molar-refractivity contribution is 7.12. The Bertz CT molecular complexity index is 847. The van der Waals surface area contributed by atoms with Crippen LogP contribution in [0.1, 0.15) is 38.3 Å². The van der Waals surface area contributed by atoms with Gasteiger partial charge < -0.3 is 4.42 Å². The maximum atomic E-state index is 12.8. The van der Waals surface area contributed by atoms with Gasteiger partial charge in [-0.3, -0.25) is 4.79 Å². The first-order valence-corrected chi connectivity index (χ1v) is 9.02. The Balaban J connectivity index is 1.74. The van der Waals surface area contributed by atoms with E-state index in [1.165, 1.54) is 16.7 Å². The summed E-state index contributed by atoms with van der Waals surface area (Å²) >= 11 is 3.32. The third-order valence-electron chi connectivity index (χ3n) is 3.86. The van der Waals surface area contributed by atoms with Crippen LogP contribution in [0.15, 0.2) is 56.9 Å². The lowest BCUT2D eigenvalue weighted by Crippen LogP contribution is -2.26. The van der Waals surface area contributed by atoms with Crippen LogP contribution in [0.25, 0.3) is 0 Å². The van der Waals surface area contributed by atoms with E-state index < -0.39 is 0 Å². The zero-order chi connectivity index (χ0) is 15.8. The first-order chi connectivity index (χ1) is 11.2. The van der Waals surface area contributed by atoms with Gasteiger partial charge in [0.25, 0.3) is 0 Å². The van der Waals surface area contributed by atoms with Crippen LogP contribution in [0.2, 0.25) is 0 Å². The number of hydrogen-bond acceptors (Lipinski definition) is 5. The number of carbonyl (C=O) groups excluding carboxylic acids is 1.